The van der Waals surface area contributed by atoms with Crippen molar-refractivity contribution in [3.63, 3.8) is 0 Å². The van der Waals surface area contributed by atoms with Crippen molar-refractivity contribution < 1.29 is 8.42 Å². The first-order chi connectivity index (χ1) is 6.43. The highest BCUT2D eigenvalue weighted by Crippen LogP contribution is 2.39. The van der Waals surface area contributed by atoms with Gasteiger partial charge in [-0.3, -0.25) is 0 Å². The third-order valence-corrected chi connectivity index (χ3v) is 5.23. The van der Waals surface area contributed by atoms with Crippen LogP contribution in [-0.4, -0.2) is 50.3 Å². The normalized spacial score (nSPS) is 38.4. The van der Waals surface area contributed by atoms with Crippen molar-refractivity contribution in [2.75, 3.05) is 27.2 Å². The van der Waals surface area contributed by atoms with Gasteiger partial charge in [0.1, 0.15) is 0 Å². The van der Waals surface area contributed by atoms with E-state index in [1.807, 2.05) is 0 Å². The molecule has 1 saturated carbocycles. The van der Waals surface area contributed by atoms with Gasteiger partial charge < -0.3 is 5.73 Å². The minimum Gasteiger partial charge on any atom is -0.327 e. The van der Waals surface area contributed by atoms with Crippen LogP contribution in [-0.2, 0) is 10.2 Å². The molecule has 6 heteroatoms. The van der Waals surface area contributed by atoms with Crippen LogP contribution < -0.4 is 5.73 Å². The highest BCUT2D eigenvalue weighted by atomic mass is 32.2. The molecule has 2 atom stereocenters. The first-order valence-electron chi connectivity index (χ1n) is 4.86. The molecule has 0 radical (unpaired) electrons. The van der Waals surface area contributed by atoms with Crippen LogP contribution in [0.2, 0.25) is 0 Å². The summed E-state index contributed by atoms with van der Waals surface area (Å²) < 4.78 is 26.4. The standard InChI is InChI=1S/C8H17N3O2S/c1-10(2)14(12,13)11-4-6-3-7(5-11)8(6)9/h6-8H,3-5,9H2,1-2H3. The first-order valence-corrected chi connectivity index (χ1v) is 6.26. The zero-order chi connectivity index (χ0) is 10.5. The molecule has 14 heavy (non-hydrogen) atoms. The fourth-order valence-corrected chi connectivity index (χ4v) is 3.52. The van der Waals surface area contributed by atoms with E-state index in [0.29, 0.717) is 24.9 Å². The SMILES string of the molecule is CN(C)S(=O)(=O)N1CC2CC(C1)C2N. The lowest BCUT2D eigenvalue weighted by molar-refractivity contribution is 0.0433. The average Bonchev–Trinajstić information content (AvgIpc) is 2.17. The molecule has 5 nitrogen and oxygen atoms in total. The molecule has 2 aliphatic heterocycles. The van der Waals surface area contributed by atoms with Gasteiger partial charge in [-0.25, -0.2) is 0 Å². The molecule has 2 heterocycles. The molecule has 0 aromatic heterocycles. The fourth-order valence-electron chi connectivity index (χ4n) is 2.30. The topological polar surface area (TPSA) is 66.6 Å². The van der Waals surface area contributed by atoms with E-state index < -0.39 is 10.2 Å². The van der Waals surface area contributed by atoms with Gasteiger partial charge in [-0.15, -0.1) is 0 Å². The lowest BCUT2D eigenvalue weighted by Crippen LogP contribution is -2.63. The van der Waals surface area contributed by atoms with Crippen molar-refractivity contribution >= 4 is 10.2 Å². The van der Waals surface area contributed by atoms with Crippen LogP contribution in [0.5, 0.6) is 0 Å². The Morgan fingerprint density at radius 2 is 1.79 bits per heavy atom. The van der Waals surface area contributed by atoms with Crippen molar-refractivity contribution in [1.82, 2.24) is 8.61 Å². The Morgan fingerprint density at radius 3 is 2.14 bits per heavy atom. The van der Waals surface area contributed by atoms with Crippen molar-refractivity contribution in [3.05, 3.63) is 0 Å². The van der Waals surface area contributed by atoms with Gasteiger partial charge in [0.2, 0.25) is 0 Å². The van der Waals surface area contributed by atoms with Crippen LogP contribution in [0.25, 0.3) is 0 Å². The average molecular weight is 219 g/mol. The number of fused-ring (bicyclic) bond motifs is 2. The molecule has 3 rings (SSSR count). The molecule has 2 bridgehead atoms. The molecule has 3 fully saturated rings. The van der Waals surface area contributed by atoms with Crippen LogP contribution in [0.15, 0.2) is 0 Å². The van der Waals surface area contributed by atoms with Gasteiger partial charge in [-0.1, -0.05) is 0 Å². The molecule has 1 aliphatic carbocycles. The Balaban J connectivity index is 2.10. The van der Waals surface area contributed by atoms with Crippen molar-refractivity contribution in [1.29, 1.82) is 0 Å². The van der Waals surface area contributed by atoms with Gasteiger partial charge in [0.05, 0.1) is 0 Å². The lowest BCUT2D eigenvalue weighted by Gasteiger charge is -2.51. The molecular formula is C8H17N3O2S. The Hall–Kier alpha value is -0.170. The van der Waals surface area contributed by atoms with Gasteiger partial charge >= 0.3 is 0 Å². The largest absolute Gasteiger partial charge is 0.327 e. The molecule has 2 N–H and O–H groups in total. The van der Waals surface area contributed by atoms with E-state index in [4.69, 9.17) is 5.73 Å². The molecule has 0 aromatic carbocycles. The maximum atomic E-state index is 11.8. The lowest BCUT2D eigenvalue weighted by atomic mass is 9.67. The summed E-state index contributed by atoms with van der Waals surface area (Å²) in [4.78, 5) is 0. The number of hydrogen-bond acceptors (Lipinski definition) is 3. The Labute approximate surface area is 85.0 Å². The summed E-state index contributed by atoms with van der Waals surface area (Å²) in [5, 5.41) is 0. The molecule has 82 valence electrons. The summed E-state index contributed by atoms with van der Waals surface area (Å²) in [5.41, 5.74) is 5.87. The van der Waals surface area contributed by atoms with Crippen LogP contribution in [0.4, 0.5) is 0 Å². The second kappa shape index (κ2) is 3.16. The van der Waals surface area contributed by atoms with Gasteiger partial charge in [-0.2, -0.15) is 17.0 Å². The summed E-state index contributed by atoms with van der Waals surface area (Å²) >= 11 is 0. The van der Waals surface area contributed by atoms with Crippen molar-refractivity contribution in [3.8, 4) is 0 Å². The second-order valence-corrected chi connectivity index (χ2v) is 6.58. The second-order valence-electron chi connectivity index (χ2n) is 4.44. The van der Waals surface area contributed by atoms with E-state index in [-0.39, 0.29) is 6.04 Å². The zero-order valence-corrected chi connectivity index (χ0v) is 9.37. The molecule has 0 amide bonds. The van der Waals surface area contributed by atoms with E-state index in [1.54, 1.807) is 18.4 Å². The maximum absolute atomic E-state index is 11.8. The molecular weight excluding hydrogens is 202 g/mol. The Kier molecular flexibility index (Phi) is 2.34. The van der Waals surface area contributed by atoms with E-state index in [1.165, 1.54) is 4.31 Å². The van der Waals surface area contributed by atoms with Gasteiger partial charge in [0, 0.05) is 33.2 Å². The van der Waals surface area contributed by atoms with Crippen LogP contribution in [0, 0.1) is 11.8 Å². The van der Waals surface area contributed by atoms with E-state index >= 15 is 0 Å². The molecule has 2 saturated heterocycles. The number of rotatable bonds is 2. The minimum atomic E-state index is -3.21. The number of nitrogens with two attached hydrogens (primary N) is 1. The van der Waals surface area contributed by atoms with E-state index in [2.05, 4.69) is 0 Å². The summed E-state index contributed by atoms with van der Waals surface area (Å²) in [6.45, 7) is 1.19. The summed E-state index contributed by atoms with van der Waals surface area (Å²) in [6.07, 6.45) is 1.10. The van der Waals surface area contributed by atoms with Crippen molar-refractivity contribution in [2.45, 2.75) is 12.5 Å². The molecule has 3 aliphatic rings. The summed E-state index contributed by atoms with van der Waals surface area (Å²) in [7, 11) is -0.0848. The maximum Gasteiger partial charge on any atom is 0.281 e. The smallest absolute Gasteiger partial charge is 0.281 e. The van der Waals surface area contributed by atoms with Crippen molar-refractivity contribution in [2.24, 2.45) is 17.6 Å². The Bertz CT molecular complexity index is 315. The van der Waals surface area contributed by atoms with Gasteiger partial charge in [0.15, 0.2) is 0 Å². The van der Waals surface area contributed by atoms with E-state index in [9.17, 15) is 8.42 Å². The highest BCUT2D eigenvalue weighted by Gasteiger charge is 2.47. The molecule has 0 spiro atoms. The third-order valence-electron chi connectivity index (χ3n) is 3.36. The van der Waals surface area contributed by atoms with Crippen LogP contribution >= 0.6 is 0 Å². The predicted molar refractivity (Wildman–Crippen MR) is 53.8 cm³/mol. The monoisotopic (exact) mass is 219 g/mol. The number of hydrogen-bond donors (Lipinski definition) is 1. The summed E-state index contributed by atoms with van der Waals surface area (Å²) in [5.74, 6) is 0.756. The highest BCUT2D eigenvalue weighted by molar-refractivity contribution is 7.86. The molecule has 2 unspecified atom stereocenters. The fraction of sp³-hybridized carbons (Fsp3) is 1.00. The minimum absolute atomic E-state index is 0.226. The summed E-state index contributed by atoms with van der Waals surface area (Å²) in [6, 6.07) is 0.226. The Morgan fingerprint density at radius 1 is 1.29 bits per heavy atom. The number of nitrogens with zero attached hydrogens (tertiary/aromatic N) is 2. The van der Waals surface area contributed by atoms with Gasteiger partial charge in [-0.05, 0) is 18.3 Å². The third kappa shape index (κ3) is 1.37. The zero-order valence-electron chi connectivity index (χ0n) is 8.55. The van der Waals surface area contributed by atoms with Crippen LogP contribution in [0.3, 0.4) is 0 Å². The number of piperidine rings is 2. The quantitative estimate of drug-likeness (QED) is 0.652. The van der Waals surface area contributed by atoms with Crippen LogP contribution in [0.1, 0.15) is 6.42 Å². The van der Waals surface area contributed by atoms with Gasteiger partial charge in [0.25, 0.3) is 10.2 Å². The van der Waals surface area contributed by atoms with E-state index in [0.717, 1.165) is 6.42 Å². The first kappa shape index (κ1) is 10.4. The molecule has 0 aromatic rings. The predicted octanol–water partition coefficient (Wildman–Crippen LogP) is -0.928.